The van der Waals surface area contributed by atoms with Gasteiger partial charge in [-0.3, -0.25) is 10.2 Å². The summed E-state index contributed by atoms with van der Waals surface area (Å²) in [6.45, 7) is 4.50. The molecule has 0 amide bonds. The van der Waals surface area contributed by atoms with Crippen LogP contribution in [0, 0.1) is 5.92 Å². The number of carbonyl (C=O) groups excluding carboxylic acids is 1. The summed E-state index contributed by atoms with van der Waals surface area (Å²) in [5.41, 5.74) is 9.43. The summed E-state index contributed by atoms with van der Waals surface area (Å²) >= 11 is 6.04. The number of nitrogens with one attached hydrogen (secondary N) is 4. The first-order chi connectivity index (χ1) is 20.7. The lowest BCUT2D eigenvalue weighted by Gasteiger charge is -2.28. The van der Waals surface area contributed by atoms with Gasteiger partial charge < -0.3 is 34.5 Å². The van der Waals surface area contributed by atoms with Crippen LogP contribution < -0.4 is 35.8 Å². The minimum Gasteiger partial charge on any atom is -0.461 e. The van der Waals surface area contributed by atoms with E-state index in [1.54, 1.807) is 31.2 Å². The van der Waals surface area contributed by atoms with Gasteiger partial charge in [0.2, 0.25) is 5.95 Å². The molecule has 0 radical (unpaired) electrons. The van der Waals surface area contributed by atoms with Crippen molar-refractivity contribution in [1.29, 1.82) is 0 Å². The normalized spacial score (nSPS) is 23.8. The van der Waals surface area contributed by atoms with E-state index in [1.165, 1.54) is 6.26 Å². The van der Waals surface area contributed by atoms with Crippen molar-refractivity contribution in [2.45, 2.75) is 70.4 Å². The number of hydrogen-bond acceptors (Lipinski definition) is 13. The highest BCUT2D eigenvalue weighted by molar-refractivity contribution is 7.82. The fourth-order valence-electron chi connectivity index (χ4n) is 5.22. The zero-order chi connectivity index (χ0) is 30.5. The molecule has 1 saturated heterocycles. The molecule has 6 N–H and O–H groups in total. The number of esters is 1. The highest BCUT2D eigenvalue weighted by Gasteiger charge is 2.41. The number of hydrogen-bond donors (Lipinski definition) is 5. The van der Waals surface area contributed by atoms with Crippen molar-refractivity contribution in [3.05, 3.63) is 29.3 Å². The van der Waals surface area contributed by atoms with Crippen molar-refractivity contribution in [2.24, 2.45) is 5.92 Å². The van der Waals surface area contributed by atoms with Crippen LogP contribution in [0.4, 0.5) is 23.3 Å². The zero-order valence-corrected chi connectivity index (χ0v) is 26.7. The first-order valence-corrected chi connectivity index (χ1v) is 17.3. The predicted molar refractivity (Wildman–Crippen MR) is 167 cm³/mol. The van der Waals surface area contributed by atoms with E-state index >= 15 is 0 Å². The highest BCUT2D eigenvalue weighted by atomic mass is 35.5. The number of nitrogen functional groups attached to an aromatic ring is 1. The zero-order valence-electron chi connectivity index (χ0n) is 24.2. The number of anilines is 4. The minimum atomic E-state index is -1.73. The van der Waals surface area contributed by atoms with E-state index in [2.05, 4.69) is 37.6 Å². The molecule has 5 rings (SSSR count). The number of fused-ring (bicyclic) bond motifs is 1. The van der Waals surface area contributed by atoms with Crippen molar-refractivity contribution < 1.29 is 27.5 Å². The maximum absolute atomic E-state index is 12.8. The van der Waals surface area contributed by atoms with Crippen LogP contribution in [0.15, 0.2) is 24.3 Å². The van der Waals surface area contributed by atoms with E-state index in [9.17, 15) is 9.00 Å². The van der Waals surface area contributed by atoms with E-state index in [-0.39, 0.29) is 42.9 Å². The average Bonchev–Trinajstić information content (AvgIpc) is 3.71. The number of carbonyl (C=O) groups is 1. The quantitative estimate of drug-likeness (QED) is 0.120. The Bertz CT molecular complexity index is 1290. The van der Waals surface area contributed by atoms with Gasteiger partial charge in [0.1, 0.15) is 40.8 Å². The second-order valence-electron chi connectivity index (χ2n) is 10.8. The lowest BCUT2D eigenvalue weighted by Crippen LogP contribution is -2.39. The Labute approximate surface area is 259 Å². The molecule has 1 aromatic heterocycles. The van der Waals surface area contributed by atoms with Gasteiger partial charge in [0.15, 0.2) is 11.6 Å². The molecule has 1 saturated carbocycles. The topological polar surface area (TPSA) is 174 Å². The Morgan fingerprint density at radius 3 is 2.77 bits per heavy atom. The maximum atomic E-state index is 12.8. The second kappa shape index (κ2) is 14.5. The maximum Gasteiger partial charge on any atom is 0.323 e. The van der Waals surface area contributed by atoms with Gasteiger partial charge in [0.25, 0.3) is 0 Å². The number of nitrogens with two attached hydrogens (primary N) is 1. The van der Waals surface area contributed by atoms with Crippen LogP contribution in [0.3, 0.4) is 0 Å². The third-order valence-electron chi connectivity index (χ3n) is 7.30. The molecule has 1 aliphatic carbocycles. The Morgan fingerprint density at radius 1 is 1.30 bits per heavy atom. The molecule has 14 nitrogen and oxygen atoms in total. The molecule has 1 aromatic carbocycles. The van der Waals surface area contributed by atoms with Gasteiger partial charge in [-0.2, -0.15) is 14.8 Å². The Hall–Kier alpha value is -2.52. The van der Waals surface area contributed by atoms with E-state index < -0.39 is 25.6 Å². The van der Waals surface area contributed by atoms with Crippen molar-refractivity contribution in [3.8, 4) is 5.75 Å². The largest absolute Gasteiger partial charge is 0.461 e. The standard InChI is InChI=1S/C26H38ClN8O6PS/c1-15-12-20(39-24(15)35-14-29-21-22(32-34-43(3)37)30-26(28)31-23(21)35)13-38-42(41-19-10-8-17(27)9-11-19)33-16(2)25(36)40-18-6-4-5-7-18/h8-11,15-16,18,20,24,29,33-34H,4-7,12-14H2,1-3H3,(H3,28,30,31,32). The molecule has 6 atom stereocenters. The summed E-state index contributed by atoms with van der Waals surface area (Å²) in [5.74, 6) is 1.40. The van der Waals surface area contributed by atoms with Crippen LogP contribution in [0.5, 0.6) is 5.75 Å². The fraction of sp³-hybridized carbons (Fsp3) is 0.577. The Kier molecular flexibility index (Phi) is 10.8. The van der Waals surface area contributed by atoms with E-state index in [4.69, 9.17) is 35.9 Å². The first kappa shape index (κ1) is 31.9. The number of halogens is 1. The Balaban J connectivity index is 1.22. The van der Waals surface area contributed by atoms with Crippen LogP contribution >= 0.6 is 20.1 Å². The molecule has 3 heterocycles. The molecule has 0 bridgehead atoms. The molecule has 3 aliphatic rings. The lowest BCUT2D eigenvalue weighted by molar-refractivity contribution is -0.150. The monoisotopic (exact) mass is 656 g/mol. The van der Waals surface area contributed by atoms with Crippen LogP contribution in [-0.2, 0) is 29.8 Å². The van der Waals surface area contributed by atoms with Gasteiger partial charge in [-0.25, -0.2) is 9.30 Å². The number of rotatable bonds is 13. The number of benzene rings is 1. The Morgan fingerprint density at radius 2 is 2.05 bits per heavy atom. The molecule has 0 spiro atoms. The van der Waals surface area contributed by atoms with Gasteiger partial charge in [-0.15, -0.1) is 0 Å². The van der Waals surface area contributed by atoms with Gasteiger partial charge in [-0.1, -0.05) is 18.5 Å². The van der Waals surface area contributed by atoms with Crippen LogP contribution in [0.1, 0.15) is 46.0 Å². The third kappa shape index (κ3) is 8.35. The summed E-state index contributed by atoms with van der Waals surface area (Å²) in [7, 11) is -3.04. The van der Waals surface area contributed by atoms with Crippen LogP contribution in [-0.4, -0.2) is 64.2 Å². The predicted octanol–water partition coefficient (Wildman–Crippen LogP) is 3.65. The highest BCUT2D eigenvalue weighted by Crippen LogP contribution is 2.42. The van der Waals surface area contributed by atoms with E-state index in [0.29, 0.717) is 34.8 Å². The number of aromatic nitrogens is 2. The summed E-state index contributed by atoms with van der Waals surface area (Å²) in [6.07, 6.45) is 5.58. The van der Waals surface area contributed by atoms with E-state index in [0.717, 1.165) is 32.1 Å². The average molecular weight is 657 g/mol. The van der Waals surface area contributed by atoms with Gasteiger partial charge in [0, 0.05) is 17.2 Å². The molecule has 17 heteroatoms. The number of nitrogens with zero attached hydrogens (tertiary/aromatic N) is 3. The molecule has 2 fully saturated rings. The second-order valence-corrected chi connectivity index (χ2v) is 13.5. The summed E-state index contributed by atoms with van der Waals surface area (Å²) in [4.78, 5) is 26.0. The number of ether oxygens (including phenoxy) is 2. The van der Waals surface area contributed by atoms with Crippen LogP contribution in [0.25, 0.3) is 0 Å². The SMILES string of the molecule is CC(NP(OCC1CC(C)C(N2CNc3c(NNS(C)=O)nc(N)nc32)O1)Oc1ccc(Cl)cc1)C(=O)OC1CCCC1. The van der Waals surface area contributed by atoms with Gasteiger partial charge >= 0.3 is 14.5 Å². The first-order valence-electron chi connectivity index (χ1n) is 14.2. The summed E-state index contributed by atoms with van der Waals surface area (Å²) in [6, 6.07) is 6.32. The summed E-state index contributed by atoms with van der Waals surface area (Å²) < 4.78 is 35.9. The molecule has 2 aliphatic heterocycles. The molecule has 43 heavy (non-hydrogen) atoms. The van der Waals surface area contributed by atoms with Crippen molar-refractivity contribution >= 4 is 60.4 Å². The summed E-state index contributed by atoms with van der Waals surface area (Å²) in [5, 5.41) is 7.03. The van der Waals surface area contributed by atoms with Crippen molar-refractivity contribution in [2.75, 3.05) is 40.9 Å². The van der Waals surface area contributed by atoms with Gasteiger partial charge in [0.05, 0.1) is 19.4 Å². The number of hydrazine groups is 1. The van der Waals surface area contributed by atoms with E-state index in [1.807, 2.05) is 4.90 Å². The smallest absolute Gasteiger partial charge is 0.323 e. The third-order valence-corrected chi connectivity index (χ3v) is 9.30. The van der Waals surface area contributed by atoms with Crippen molar-refractivity contribution in [1.82, 2.24) is 19.9 Å². The molecular weight excluding hydrogens is 619 g/mol. The molecule has 6 unspecified atom stereocenters. The van der Waals surface area contributed by atoms with Crippen LogP contribution in [0.2, 0.25) is 5.02 Å². The fourth-order valence-corrected chi connectivity index (χ4v) is 6.80. The minimum absolute atomic E-state index is 0.0315. The van der Waals surface area contributed by atoms with Crippen molar-refractivity contribution in [3.63, 3.8) is 0 Å². The molecular formula is C26H38ClN8O6PS. The van der Waals surface area contributed by atoms with Gasteiger partial charge in [-0.05, 0) is 63.3 Å². The molecule has 236 valence electrons. The lowest BCUT2D eigenvalue weighted by atomic mass is 10.1. The molecule has 2 aromatic rings.